The van der Waals surface area contributed by atoms with E-state index in [0.29, 0.717) is 28.3 Å². The molecular formula is C20H20F3N5O3. The zero-order valence-electron chi connectivity index (χ0n) is 17.0. The summed E-state index contributed by atoms with van der Waals surface area (Å²) in [5, 5.41) is 10.6. The van der Waals surface area contributed by atoms with E-state index in [1.165, 1.54) is 31.2 Å². The molecule has 11 heteroatoms. The van der Waals surface area contributed by atoms with Gasteiger partial charge < -0.3 is 10.1 Å². The van der Waals surface area contributed by atoms with Crippen molar-refractivity contribution in [2.24, 2.45) is 0 Å². The van der Waals surface area contributed by atoms with Gasteiger partial charge in [0.15, 0.2) is 5.69 Å². The van der Waals surface area contributed by atoms with Gasteiger partial charge in [-0.15, -0.1) is 0 Å². The Kier molecular flexibility index (Phi) is 6.14. The van der Waals surface area contributed by atoms with Gasteiger partial charge >= 0.3 is 12.1 Å². The summed E-state index contributed by atoms with van der Waals surface area (Å²) in [6.07, 6.45) is -4.01. The fraction of sp³-hybridized carbons (Fsp3) is 0.300. The van der Waals surface area contributed by atoms with E-state index >= 15 is 0 Å². The second-order valence-corrected chi connectivity index (χ2v) is 6.52. The van der Waals surface area contributed by atoms with Crippen LogP contribution in [0.2, 0.25) is 0 Å². The van der Waals surface area contributed by atoms with Crippen LogP contribution in [0.15, 0.2) is 36.5 Å². The zero-order valence-corrected chi connectivity index (χ0v) is 17.0. The van der Waals surface area contributed by atoms with Crippen molar-refractivity contribution in [3.05, 3.63) is 59.2 Å². The molecule has 2 aromatic heterocycles. The first-order valence-corrected chi connectivity index (χ1v) is 9.44. The minimum absolute atomic E-state index is 0.0633. The highest BCUT2D eigenvalue weighted by Crippen LogP contribution is 2.34. The van der Waals surface area contributed by atoms with E-state index in [1.807, 2.05) is 6.92 Å². The maximum atomic E-state index is 13.6. The van der Waals surface area contributed by atoms with E-state index in [4.69, 9.17) is 4.74 Å². The Morgan fingerprint density at radius 3 is 2.42 bits per heavy atom. The molecule has 1 N–H and O–H groups in total. The molecule has 31 heavy (non-hydrogen) atoms. The average Bonchev–Trinajstić information content (AvgIpc) is 3.32. The minimum atomic E-state index is -4.83. The Hall–Kier alpha value is -3.63. The molecule has 3 rings (SSSR count). The van der Waals surface area contributed by atoms with Gasteiger partial charge in [-0.2, -0.15) is 23.4 Å². The van der Waals surface area contributed by atoms with E-state index in [1.54, 1.807) is 17.7 Å². The molecule has 0 aliphatic carbocycles. The predicted molar refractivity (Wildman–Crippen MR) is 105 cm³/mol. The number of nitrogens with one attached hydrogen (secondary N) is 1. The fourth-order valence-corrected chi connectivity index (χ4v) is 3.03. The number of rotatable bonds is 6. The Morgan fingerprint density at radius 1 is 1.16 bits per heavy atom. The van der Waals surface area contributed by atoms with Gasteiger partial charge in [-0.25, -0.2) is 9.48 Å². The number of aromatic nitrogens is 4. The molecule has 0 fully saturated rings. The largest absolute Gasteiger partial charge is 0.462 e. The maximum Gasteiger partial charge on any atom is 0.434 e. The number of alkyl halides is 3. The number of benzene rings is 1. The van der Waals surface area contributed by atoms with Gasteiger partial charge in [-0.3, -0.25) is 9.48 Å². The van der Waals surface area contributed by atoms with Crippen LogP contribution in [0.5, 0.6) is 0 Å². The van der Waals surface area contributed by atoms with Crippen LogP contribution in [-0.4, -0.2) is 38.0 Å². The SMILES string of the molecule is CCOC(=O)c1cnn(-c2ccc(NC(=O)c3cc(C)nn3CC)cc2)c1C(F)(F)F. The lowest BCUT2D eigenvalue weighted by Gasteiger charge is -2.13. The first-order valence-electron chi connectivity index (χ1n) is 9.44. The number of halogens is 3. The molecule has 0 unspecified atom stereocenters. The van der Waals surface area contributed by atoms with Crippen LogP contribution in [-0.2, 0) is 17.5 Å². The zero-order chi connectivity index (χ0) is 22.8. The number of hydrogen-bond donors (Lipinski definition) is 1. The van der Waals surface area contributed by atoms with E-state index in [-0.39, 0.29) is 12.3 Å². The number of esters is 1. The van der Waals surface area contributed by atoms with Crippen LogP contribution in [0, 0.1) is 6.92 Å². The van der Waals surface area contributed by atoms with Crippen LogP contribution in [0.3, 0.4) is 0 Å². The van der Waals surface area contributed by atoms with Crippen molar-refractivity contribution >= 4 is 17.6 Å². The standard InChI is InChI=1S/C20H20F3N5O3/c1-4-27-16(10-12(3)26-27)18(29)25-13-6-8-14(9-7-13)28-17(20(21,22)23)15(11-24-28)19(30)31-5-2/h6-11H,4-5H2,1-3H3,(H,25,29). The highest BCUT2D eigenvalue weighted by Gasteiger charge is 2.41. The lowest BCUT2D eigenvalue weighted by Crippen LogP contribution is -2.19. The number of amides is 1. The lowest BCUT2D eigenvalue weighted by molar-refractivity contribution is -0.143. The number of ether oxygens (including phenoxy) is 1. The van der Waals surface area contributed by atoms with Gasteiger partial charge in [-0.1, -0.05) is 0 Å². The van der Waals surface area contributed by atoms with Crippen molar-refractivity contribution in [1.82, 2.24) is 19.6 Å². The number of anilines is 1. The van der Waals surface area contributed by atoms with Gasteiger partial charge in [0.25, 0.3) is 5.91 Å². The summed E-state index contributed by atoms with van der Waals surface area (Å²) in [6, 6.07) is 7.24. The molecule has 0 radical (unpaired) electrons. The van der Waals surface area contributed by atoms with Crippen LogP contribution in [0.4, 0.5) is 18.9 Å². The Morgan fingerprint density at radius 2 is 1.84 bits per heavy atom. The first kappa shape index (κ1) is 22.1. The average molecular weight is 435 g/mol. The molecule has 0 spiro atoms. The van der Waals surface area contributed by atoms with Crippen molar-refractivity contribution in [2.75, 3.05) is 11.9 Å². The molecule has 3 aromatic rings. The van der Waals surface area contributed by atoms with Crippen LogP contribution >= 0.6 is 0 Å². The third kappa shape index (κ3) is 4.60. The van der Waals surface area contributed by atoms with Crippen molar-refractivity contribution in [3.63, 3.8) is 0 Å². The van der Waals surface area contributed by atoms with Crippen LogP contribution in [0.25, 0.3) is 5.69 Å². The number of carbonyl (C=O) groups is 2. The van der Waals surface area contributed by atoms with Crippen molar-refractivity contribution in [1.29, 1.82) is 0 Å². The summed E-state index contributed by atoms with van der Waals surface area (Å²) < 4.78 is 47.7. The van der Waals surface area contributed by atoms with E-state index in [9.17, 15) is 22.8 Å². The highest BCUT2D eigenvalue weighted by atomic mass is 19.4. The summed E-state index contributed by atoms with van der Waals surface area (Å²) in [5.41, 5.74) is -0.399. The Bertz CT molecular complexity index is 1100. The molecule has 0 atom stereocenters. The number of hydrogen-bond acceptors (Lipinski definition) is 5. The molecule has 0 bridgehead atoms. The summed E-state index contributed by atoms with van der Waals surface area (Å²) >= 11 is 0. The second-order valence-electron chi connectivity index (χ2n) is 6.52. The quantitative estimate of drug-likeness (QED) is 0.594. The van der Waals surface area contributed by atoms with Crippen LogP contribution in [0.1, 0.15) is 46.1 Å². The molecule has 8 nitrogen and oxygen atoms in total. The van der Waals surface area contributed by atoms with Gasteiger partial charge in [0.1, 0.15) is 11.3 Å². The predicted octanol–water partition coefficient (Wildman–Crippen LogP) is 3.84. The topological polar surface area (TPSA) is 91.0 Å². The second kappa shape index (κ2) is 8.62. The van der Waals surface area contributed by atoms with E-state index in [0.717, 1.165) is 6.20 Å². The lowest BCUT2D eigenvalue weighted by atomic mass is 10.2. The summed E-state index contributed by atoms with van der Waals surface area (Å²) in [6.45, 7) is 5.57. The van der Waals surface area contributed by atoms with E-state index < -0.39 is 29.3 Å². The molecule has 1 aromatic carbocycles. The number of aryl methyl sites for hydroxylation is 2. The summed E-state index contributed by atoms with van der Waals surface area (Å²) in [7, 11) is 0. The molecule has 0 aliphatic heterocycles. The Labute approximate surface area is 175 Å². The van der Waals surface area contributed by atoms with Crippen LogP contribution < -0.4 is 5.32 Å². The van der Waals surface area contributed by atoms with Crippen molar-refractivity contribution in [3.8, 4) is 5.69 Å². The minimum Gasteiger partial charge on any atom is -0.462 e. The molecule has 0 aliphatic rings. The van der Waals surface area contributed by atoms with Gasteiger partial charge in [0.2, 0.25) is 0 Å². The molecule has 0 saturated carbocycles. The number of carbonyl (C=O) groups excluding carboxylic acids is 2. The summed E-state index contributed by atoms with van der Waals surface area (Å²) in [5.74, 6) is -1.50. The van der Waals surface area contributed by atoms with Crippen molar-refractivity contribution < 1.29 is 27.5 Å². The smallest absolute Gasteiger partial charge is 0.434 e. The third-order valence-corrected chi connectivity index (χ3v) is 4.34. The molecule has 1 amide bonds. The Balaban J connectivity index is 1.88. The first-order chi connectivity index (χ1) is 14.7. The fourth-order valence-electron chi connectivity index (χ4n) is 3.03. The molecule has 164 valence electrons. The third-order valence-electron chi connectivity index (χ3n) is 4.34. The number of nitrogens with zero attached hydrogens (tertiary/aromatic N) is 4. The molecule has 0 saturated heterocycles. The van der Waals surface area contributed by atoms with Gasteiger partial charge in [-0.05, 0) is 51.1 Å². The maximum absolute atomic E-state index is 13.6. The van der Waals surface area contributed by atoms with Crippen molar-refractivity contribution in [2.45, 2.75) is 33.5 Å². The normalized spacial score (nSPS) is 11.4. The van der Waals surface area contributed by atoms with Gasteiger partial charge in [0.05, 0.1) is 24.2 Å². The molecular weight excluding hydrogens is 415 g/mol. The molecule has 2 heterocycles. The highest BCUT2D eigenvalue weighted by molar-refractivity contribution is 6.03. The van der Waals surface area contributed by atoms with E-state index in [2.05, 4.69) is 15.5 Å². The van der Waals surface area contributed by atoms with Gasteiger partial charge in [0, 0.05) is 12.2 Å². The summed E-state index contributed by atoms with van der Waals surface area (Å²) in [4.78, 5) is 24.4. The monoisotopic (exact) mass is 435 g/mol.